The molecule has 0 saturated heterocycles. The van der Waals surface area contributed by atoms with Gasteiger partial charge in [-0.3, -0.25) is 4.79 Å². The van der Waals surface area contributed by atoms with Crippen LogP contribution in [0.5, 0.6) is 0 Å². The number of pyridine rings is 1. The molecule has 7 N–H and O–H groups in total. The number of H-pyrrole nitrogens is 1. The van der Waals surface area contributed by atoms with E-state index in [-0.39, 0.29) is 30.3 Å². The van der Waals surface area contributed by atoms with Crippen LogP contribution in [0.15, 0.2) is 60.8 Å². The topological polar surface area (TPSA) is 153 Å². The molecule has 2 aliphatic rings. The zero-order chi connectivity index (χ0) is 38.7. The van der Waals surface area contributed by atoms with Crippen molar-refractivity contribution in [2.45, 2.75) is 148 Å². The Bertz CT molecular complexity index is 1630. The number of anilines is 1. The summed E-state index contributed by atoms with van der Waals surface area (Å²) < 4.78 is 0. The van der Waals surface area contributed by atoms with Crippen LogP contribution in [0, 0.1) is 43.4 Å². The third-order valence-electron chi connectivity index (χ3n) is 12.4. The van der Waals surface area contributed by atoms with E-state index in [1.807, 2.05) is 12.1 Å². The SMILES string of the molecule is CCCCC[C@@H]1C=C[C@@H](CCCCC[C@H](C(=O)O)[C@H](O)CC[C@]2(O)C[C@H](Cc3ccnc(N)c3)C[C@H]2Cc2ccc(Cc3cc(C)cc(C)c3)[nH]2)[C@H](O)C1. The van der Waals surface area contributed by atoms with Crippen LogP contribution >= 0.6 is 0 Å². The monoisotopic (exact) mass is 742 g/mol. The number of aliphatic hydroxyl groups excluding tert-OH is 2. The van der Waals surface area contributed by atoms with Gasteiger partial charge in [0.25, 0.3) is 0 Å². The molecule has 0 bridgehead atoms. The van der Waals surface area contributed by atoms with Gasteiger partial charge in [-0.15, -0.1) is 0 Å². The number of hydrogen-bond donors (Lipinski definition) is 6. The second-order valence-corrected chi connectivity index (χ2v) is 17.1. The summed E-state index contributed by atoms with van der Waals surface area (Å²) in [7, 11) is 0. The number of nitrogen functional groups attached to an aromatic ring is 1. The average molecular weight is 742 g/mol. The third kappa shape index (κ3) is 12.3. The highest BCUT2D eigenvalue weighted by Gasteiger charge is 2.46. The van der Waals surface area contributed by atoms with Crippen molar-refractivity contribution >= 4 is 11.8 Å². The lowest BCUT2D eigenvalue weighted by Gasteiger charge is -2.32. The Hall–Kier alpha value is -3.46. The highest BCUT2D eigenvalue weighted by atomic mass is 16.4. The van der Waals surface area contributed by atoms with Crippen molar-refractivity contribution in [3.05, 3.63) is 94.5 Å². The summed E-state index contributed by atoms with van der Waals surface area (Å²) >= 11 is 0. The maximum Gasteiger partial charge on any atom is 0.309 e. The van der Waals surface area contributed by atoms with Crippen molar-refractivity contribution in [2.75, 3.05) is 5.73 Å². The molecule has 8 nitrogen and oxygen atoms in total. The molecular formula is C46H67N3O5. The zero-order valence-electron chi connectivity index (χ0n) is 33.1. The minimum absolute atomic E-state index is 0.0410. The fraction of sp³-hybridized carbons (Fsp3) is 0.609. The number of rotatable bonds is 21. The highest BCUT2D eigenvalue weighted by molar-refractivity contribution is 5.70. The number of benzene rings is 1. The van der Waals surface area contributed by atoms with E-state index < -0.39 is 23.6 Å². The number of allylic oxidation sites excluding steroid dienone is 1. The molecule has 0 unspecified atom stereocenters. The molecule has 3 aromatic rings. The summed E-state index contributed by atoms with van der Waals surface area (Å²) in [6.45, 7) is 6.46. The number of nitrogens with two attached hydrogens (primary N) is 1. The molecule has 0 spiro atoms. The first-order valence-electron chi connectivity index (χ1n) is 20.8. The minimum atomic E-state index is -1.03. The van der Waals surface area contributed by atoms with Gasteiger partial charge in [-0.2, -0.15) is 0 Å². The van der Waals surface area contributed by atoms with Crippen molar-refractivity contribution in [3.8, 4) is 0 Å². The number of aromatic amines is 1. The number of aliphatic carboxylic acids is 1. The van der Waals surface area contributed by atoms with Crippen molar-refractivity contribution in [1.82, 2.24) is 9.97 Å². The van der Waals surface area contributed by atoms with E-state index >= 15 is 0 Å². The molecule has 0 amide bonds. The van der Waals surface area contributed by atoms with Crippen LogP contribution in [0.2, 0.25) is 0 Å². The van der Waals surface area contributed by atoms with Crippen LogP contribution in [-0.4, -0.2) is 54.2 Å². The van der Waals surface area contributed by atoms with Crippen molar-refractivity contribution in [1.29, 1.82) is 0 Å². The van der Waals surface area contributed by atoms with Gasteiger partial charge in [0.2, 0.25) is 0 Å². The molecule has 8 heteroatoms. The molecule has 5 rings (SSSR count). The lowest BCUT2D eigenvalue weighted by molar-refractivity contribution is -0.146. The van der Waals surface area contributed by atoms with Crippen molar-refractivity contribution < 1.29 is 25.2 Å². The van der Waals surface area contributed by atoms with Crippen LogP contribution in [-0.2, 0) is 24.1 Å². The van der Waals surface area contributed by atoms with Crippen LogP contribution in [0.25, 0.3) is 0 Å². The van der Waals surface area contributed by atoms with Gasteiger partial charge in [-0.1, -0.05) is 86.9 Å². The van der Waals surface area contributed by atoms with E-state index in [0.717, 1.165) is 68.3 Å². The Morgan fingerprint density at radius 3 is 2.41 bits per heavy atom. The number of nitrogens with zero attached hydrogens (tertiary/aromatic N) is 1. The Morgan fingerprint density at radius 2 is 1.69 bits per heavy atom. The first-order chi connectivity index (χ1) is 25.9. The Kier molecular flexibility index (Phi) is 15.4. The van der Waals surface area contributed by atoms with Gasteiger partial charge in [0.05, 0.1) is 23.7 Å². The number of unbranched alkanes of at least 4 members (excludes halogenated alkanes) is 4. The normalized spacial score (nSPS) is 25.2. The van der Waals surface area contributed by atoms with Gasteiger partial charge < -0.3 is 31.1 Å². The Balaban J connectivity index is 1.15. The summed E-state index contributed by atoms with van der Waals surface area (Å²) in [5.74, 6) is -0.535. The highest BCUT2D eigenvalue weighted by Crippen LogP contribution is 2.46. The number of carbonyl (C=O) groups is 1. The molecule has 0 aliphatic heterocycles. The van der Waals surface area contributed by atoms with Gasteiger partial charge in [0.15, 0.2) is 0 Å². The standard InChI is InChI=1S/C46H67N3O5/c1-4-5-7-10-33-13-14-37(43(51)27-33)11-8-6-9-12-41(45(52)53)42(50)17-19-46(54)30-36(24-34-18-20-48-44(47)28-34)25-38(46)29-40-16-15-39(49-40)26-35-22-31(2)21-32(3)23-35/h13-16,18,20-23,28,33,36-38,41-43,49-51,54H,4-12,17,19,24-27,29-30H2,1-3H3,(H2,47,48)(H,52,53)/t33-,36-,37-,38+,41+,42-,43-,46+/m1/s1. The predicted molar refractivity (Wildman–Crippen MR) is 217 cm³/mol. The second-order valence-electron chi connectivity index (χ2n) is 17.1. The van der Waals surface area contributed by atoms with E-state index in [0.29, 0.717) is 43.8 Å². The number of aryl methyl sites for hydroxylation is 2. The molecule has 8 atom stereocenters. The molecular weight excluding hydrogens is 675 g/mol. The Morgan fingerprint density at radius 1 is 0.926 bits per heavy atom. The summed E-state index contributed by atoms with van der Waals surface area (Å²) in [5.41, 5.74) is 12.0. The average Bonchev–Trinajstić information content (AvgIpc) is 3.68. The lowest BCUT2D eigenvalue weighted by atomic mass is 9.80. The quantitative estimate of drug-likeness (QED) is 0.0472. The van der Waals surface area contributed by atoms with Gasteiger partial charge >= 0.3 is 5.97 Å². The molecule has 296 valence electrons. The van der Waals surface area contributed by atoms with E-state index in [9.17, 15) is 25.2 Å². The molecule has 1 saturated carbocycles. The first-order valence-corrected chi connectivity index (χ1v) is 20.8. The number of aromatic nitrogens is 2. The number of nitrogens with one attached hydrogen (secondary N) is 1. The summed E-state index contributed by atoms with van der Waals surface area (Å²) in [4.78, 5) is 20.1. The molecule has 2 heterocycles. The smallest absolute Gasteiger partial charge is 0.309 e. The van der Waals surface area contributed by atoms with Crippen molar-refractivity contribution in [2.24, 2.45) is 29.6 Å². The summed E-state index contributed by atoms with van der Waals surface area (Å²) in [6.07, 6.45) is 18.6. The van der Waals surface area contributed by atoms with Crippen LogP contribution < -0.4 is 5.73 Å². The fourth-order valence-corrected chi connectivity index (χ4v) is 9.58. The Labute approximate surface area is 323 Å². The van der Waals surface area contributed by atoms with E-state index in [1.165, 1.54) is 36.0 Å². The van der Waals surface area contributed by atoms with Gasteiger partial charge in [-0.25, -0.2) is 4.98 Å². The van der Waals surface area contributed by atoms with E-state index in [1.54, 1.807) is 6.20 Å². The molecule has 2 aliphatic carbocycles. The maximum absolute atomic E-state index is 12.4. The molecule has 0 radical (unpaired) electrons. The summed E-state index contributed by atoms with van der Waals surface area (Å²) in [6, 6.07) is 14.8. The minimum Gasteiger partial charge on any atom is -0.481 e. The molecule has 54 heavy (non-hydrogen) atoms. The maximum atomic E-state index is 12.4. The van der Waals surface area contributed by atoms with Crippen LogP contribution in [0.4, 0.5) is 5.82 Å². The van der Waals surface area contributed by atoms with Crippen LogP contribution in [0.1, 0.15) is 130 Å². The van der Waals surface area contributed by atoms with Crippen LogP contribution in [0.3, 0.4) is 0 Å². The second kappa shape index (κ2) is 19.9. The molecule has 1 fully saturated rings. The van der Waals surface area contributed by atoms with Gasteiger partial charge in [0.1, 0.15) is 5.82 Å². The first kappa shape index (κ1) is 41.7. The largest absolute Gasteiger partial charge is 0.481 e. The van der Waals surface area contributed by atoms with Crippen molar-refractivity contribution in [3.63, 3.8) is 0 Å². The predicted octanol–water partition coefficient (Wildman–Crippen LogP) is 8.67. The lowest BCUT2D eigenvalue weighted by Crippen LogP contribution is -2.37. The van der Waals surface area contributed by atoms with Gasteiger partial charge in [0, 0.05) is 29.9 Å². The van der Waals surface area contributed by atoms with Gasteiger partial charge in [-0.05, 0) is 131 Å². The molecule has 1 aromatic carbocycles. The summed E-state index contributed by atoms with van der Waals surface area (Å²) in [5, 5.41) is 44.5. The molecule has 2 aromatic heterocycles. The van der Waals surface area contributed by atoms with E-state index in [4.69, 9.17) is 5.73 Å². The number of carboxylic acid groups (broad SMARTS) is 1. The fourth-order valence-electron chi connectivity index (χ4n) is 9.58. The number of hydrogen-bond acceptors (Lipinski definition) is 6. The zero-order valence-corrected chi connectivity index (χ0v) is 33.1. The number of carboxylic acids is 1. The third-order valence-corrected chi connectivity index (χ3v) is 12.4. The van der Waals surface area contributed by atoms with E-state index in [2.05, 4.69) is 73.2 Å². The number of aliphatic hydroxyl groups is 3.